The molecule has 3 aromatic rings. The van der Waals surface area contributed by atoms with E-state index in [-0.39, 0.29) is 12.3 Å². The molecule has 1 aliphatic rings. The van der Waals surface area contributed by atoms with Crippen molar-refractivity contribution in [2.75, 3.05) is 11.5 Å². The van der Waals surface area contributed by atoms with E-state index >= 15 is 0 Å². The number of hydrogen-bond acceptors (Lipinski definition) is 4. The van der Waals surface area contributed by atoms with E-state index in [2.05, 4.69) is 5.32 Å². The highest BCUT2D eigenvalue weighted by atomic mass is 32.2. The summed E-state index contributed by atoms with van der Waals surface area (Å²) < 4.78 is 5.82. The number of benzene rings is 2. The molecule has 2 aromatic carbocycles. The minimum atomic E-state index is -1.15. The number of fused-ring (bicyclic) bond motifs is 3. The Balaban J connectivity index is 1.57. The summed E-state index contributed by atoms with van der Waals surface area (Å²) in [7, 11) is 0. The van der Waals surface area contributed by atoms with Gasteiger partial charge in [0.25, 0.3) is 0 Å². The molecule has 1 saturated heterocycles. The van der Waals surface area contributed by atoms with Gasteiger partial charge in [0.05, 0.1) is 6.42 Å². The second-order valence-corrected chi connectivity index (χ2v) is 7.86. The lowest BCUT2D eigenvalue weighted by Gasteiger charge is -2.33. The van der Waals surface area contributed by atoms with Crippen LogP contribution in [-0.4, -0.2) is 34.0 Å². The largest absolute Gasteiger partial charge is 0.480 e. The summed E-state index contributed by atoms with van der Waals surface area (Å²) >= 11 is 1.72. The van der Waals surface area contributed by atoms with Crippen molar-refractivity contribution in [1.29, 1.82) is 0 Å². The average molecular weight is 369 g/mol. The Bertz CT molecular complexity index is 988. The van der Waals surface area contributed by atoms with Crippen LogP contribution in [0.4, 0.5) is 0 Å². The summed E-state index contributed by atoms with van der Waals surface area (Å²) in [5.74, 6) is 0.746. The summed E-state index contributed by atoms with van der Waals surface area (Å²) in [6.45, 7) is 0. The smallest absolute Gasteiger partial charge is 0.329 e. The van der Waals surface area contributed by atoms with E-state index in [4.69, 9.17) is 4.42 Å². The molecule has 0 radical (unpaired) electrons. The number of furan rings is 1. The minimum absolute atomic E-state index is 0.0329. The monoisotopic (exact) mass is 369 g/mol. The van der Waals surface area contributed by atoms with Crippen LogP contribution in [0.15, 0.2) is 46.9 Å². The first-order chi connectivity index (χ1) is 12.6. The number of carboxylic acid groups (broad SMARTS) is 1. The lowest BCUT2D eigenvalue weighted by Crippen LogP contribution is -2.56. The Kier molecular flexibility index (Phi) is 4.36. The first kappa shape index (κ1) is 17.0. The zero-order valence-corrected chi connectivity index (χ0v) is 15.0. The van der Waals surface area contributed by atoms with Gasteiger partial charge in [0.2, 0.25) is 5.91 Å². The third-order valence-corrected chi connectivity index (χ3v) is 5.93. The molecule has 1 fully saturated rings. The summed E-state index contributed by atoms with van der Waals surface area (Å²) in [5, 5.41) is 15.5. The Morgan fingerprint density at radius 2 is 1.88 bits per heavy atom. The predicted octanol–water partition coefficient (Wildman–Crippen LogP) is 3.60. The van der Waals surface area contributed by atoms with E-state index in [1.807, 2.05) is 42.5 Å². The van der Waals surface area contributed by atoms with Crippen LogP contribution in [0.5, 0.6) is 0 Å². The Morgan fingerprint density at radius 1 is 1.12 bits per heavy atom. The molecule has 1 aromatic heterocycles. The second-order valence-electron chi connectivity index (χ2n) is 6.64. The molecule has 1 amide bonds. The summed E-state index contributed by atoms with van der Waals surface area (Å²) in [6, 6.07) is 13.8. The highest BCUT2D eigenvalue weighted by Crippen LogP contribution is 2.30. The molecule has 6 heteroatoms. The van der Waals surface area contributed by atoms with E-state index in [0.717, 1.165) is 33.2 Å². The van der Waals surface area contributed by atoms with E-state index in [9.17, 15) is 14.7 Å². The van der Waals surface area contributed by atoms with E-state index < -0.39 is 11.5 Å². The topological polar surface area (TPSA) is 79.5 Å². The molecule has 4 rings (SSSR count). The molecular formula is C20H19NO4S. The Morgan fingerprint density at radius 3 is 2.65 bits per heavy atom. The highest BCUT2D eigenvalue weighted by Gasteiger charge is 2.41. The van der Waals surface area contributed by atoms with Gasteiger partial charge in [-0.05, 0) is 47.3 Å². The molecule has 0 atom stereocenters. The molecule has 26 heavy (non-hydrogen) atoms. The van der Waals surface area contributed by atoms with Gasteiger partial charge in [-0.3, -0.25) is 4.79 Å². The molecule has 0 unspecified atom stereocenters. The Labute approximate surface area is 154 Å². The number of carboxylic acids is 1. The van der Waals surface area contributed by atoms with Crippen molar-refractivity contribution in [3.63, 3.8) is 0 Å². The number of carbonyl (C=O) groups is 2. The number of nitrogens with one attached hydrogen (secondary N) is 1. The summed E-state index contributed by atoms with van der Waals surface area (Å²) in [6.07, 6.45) is 0.929. The number of aliphatic carboxylic acids is 1. The van der Waals surface area contributed by atoms with Crippen molar-refractivity contribution < 1.29 is 19.1 Å². The van der Waals surface area contributed by atoms with Gasteiger partial charge in [0.1, 0.15) is 16.9 Å². The number of carbonyl (C=O) groups excluding carboxylic acids is 1. The molecule has 2 heterocycles. The van der Waals surface area contributed by atoms with Gasteiger partial charge in [0.15, 0.2) is 0 Å². The van der Waals surface area contributed by atoms with E-state index in [1.54, 1.807) is 11.8 Å². The molecule has 134 valence electrons. The van der Waals surface area contributed by atoms with Gasteiger partial charge in [-0.15, -0.1) is 0 Å². The van der Waals surface area contributed by atoms with Crippen molar-refractivity contribution in [2.45, 2.75) is 24.8 Å². The van der Waals surface area contributed by atoms with Crippen LogP contribution in [0, 0.1) is 0 Å². The van der Waals surface area contributed by atoms with Gasteiger partial charge in [-0.25, -0.2) is 4.79 Å². The SMILES string of the molecule is O=C(Cc1cc2c(ccc3ccccc32)o1)NC1(C(=O)O)CCSCC1. The van der Waals surface area contributed by atoms with Crippen LogP contribution >= 0.6 is 11.8 Å². The van der Waals surface area contributed by atoms with Gasteiger partial charge < -0.3 is 14.8 Å². The molecule has 0 spiro atoms. The molecular weight excluding hydrogens is 350 g/mol. The van der Waals surface area contributed by atoms with Gasteiger partial charge >= 0.3 is 5.97 Å². The Hall–Kier alpha value is -2.47. The van der Waals surface area contributed by atoms with Crippen molar-refractivity contribution in [3.05, 3.63) is 48.2 Å². The normalized spacial score (nSPS) is 16.6. The molecule has 1 aliphatic heterocycles. The van der Waals surface area contributed by atoms with Gasteiger partial charge in [-0.2, -0.15) is 11.8 Å². The number of thioether (sulfide) groups is 1. The second kappa shape index (κ2) is 6.68. The van der Waals surface area contributed by atoms with Gasteiger partial charge in [0, 0.05) is 5.39 Å². The van der Waals surface area contributed by atoms with Crippen molar-refractivity contribution in [2.24, 2.45) is 0 Å². The van der Waals surface area contributed by atoms with Gasteiger partial charge in [-0.1, -0.05) is 30.3 Å². The molecule has 0 bridgehead atoms. The fraction of sp³-hybridized carbons (Fsp3) is 0.300. The first-order valence-electron chi connectivity index (χ1n) is 8.60. The number of hydrogen-bond donors (Lipinski definition) is 2. The minimum Gasteiger partial charge on any atom is -0.480 e. The maximum atomic E-state index is 12.5. The molecule has 2 N–H and O–H groups in total. The fourth-order valence-corrected chi connectivity index (χ4v) is 4.70. The quantitative estimate of drug-likeness (QED) is 0.735. The van der Waals surface area contributed by atoms with Crippen molar-refractivity contribution in [1.82, 2.24) is 5.32 Å². The van der Waals surface area contributed by atoms with E-state index in [0.29, 0.717) is 18.6 Å². The van der Waals surface area contributed by atoms with Crippen LogP contribution in [-0.2, 0) is 16.0 Å². The van der Waals surface area contributed by atoms with E-state index in [1.165, 1.54) is 0 Å². The maximum Gasteiger partial charge on any atom is 0.329 e. The van der Waals surface area contributed by atoms with Crippen LogP contribution in [0.2, 0.25) is 0 Å². The summed E-state index contributed by atoms with van der Waals surface area (Å²) in [4.78, 5) is 24.2. The fourth-order valence-electron chi connectivity index (χ4n) is 3.51. The maximum absolute atomic E-state index is 12.5. The lowest BCUT2D eigenvalue weighted by atomic mass is 9.92. The van der Waals surface area contributed by atoms with Crippen LogP contribution < -0.4 is 5.32 Å². The molecule has 0 saturated carbocycles. The van der Waals surface area contributed by atoms with Crippen LogP contribution in [0.25, 0.3) is 21.7 Å². The standard InChI is InChI=1S/C20H19NO4S/c22-18(21-20(19(23)24)7-9-26-10-8-20)12-14-11-16-15-4-2-1-3-13(15)5-6-17(16)25-14/h1-6,11H,7-10,12H2,(H,21,22)(H,23,24). The third kappa shape index (κ3) is 3.05. The lowest BCUT2D eigenvalue weighted by molar-refractivity contribution is -0.148. The predicted molar refractivity (Wildman–Crippen MR) is 102 cm³/mol. The molecule has 0 aliphatic carbocycles. The van der Waals surface area contributed by atoms with Crippen LogP contribution in [0.3, 0.4) is 0 Å². The molecule has 5 nitrogen and oxygen atoms in total. The van der Waals surface area contributed by atoms with Crippen molar-refractivity contribution in [3.8, 4) is 0 Å². The van der Waals surface area contributed by atoms with Crippen molar-refractivity contribution >= 4 is 45.4 Å². The average Bonchev–Trinajstić information content (AvgIpc) is 3.05. The van der Waals surface area contributed by atoms with Crippen LogP contribution in [0.1, 0.15) is 18.6 Å². The zero-order valence-electron chi connectivity index (χ0n) is 14.2. The zero-order chi connectivity index (χ0) is 18.1. The first-order valence-corrected chi connectivity index (χ1v) is 9.75. The highest BCUT2D eigenvalue weighted by molar-refractivity contribution is 7.99. The number of amides is 1. The summed E-state index contributed by atoms with van der Waals surface area (Å²) in [5.41, 5.74) is -0.422. The third-order valence-electron chi connectivity index (χ3n) is 4.95. The number of rotatable bonds is 4.